The van der Waals surface area contributed by atoms with Crippen LogP contribution in [0.25, 0.3) is 6.08 Å². The van der Waals surface area contributed by atoms with E-state index in [1.54, 1.807) is 48.5 Å². The van der Waals surface area contributed by atoms with Crippen molar-refractivity contribution in [1.82, 2.24) is 0 Å². The Hall–Kier alpha value is -3.55. The molecule has 0 aliphatic heterocycles. The molecule has 164 valence electrons. The third kappa shape index (κ3) is 5.78. The summed E-state index contributed by atoms with van der Waals surface area (Å²) in [7, 11) is 1.50. The van der Waals surface area contributed by atoms with Crippen molar-refractivity contribution in [3.63, 3.8) is 0 Å². The van der Waals surface area contributed by atoms with Gasteiger partial charge >= 0.3 is 0 Å². The van der Waals surface area contributed by atoms with E-state index in [2.05, 4.69) is 5.32 Å². The second-order valence-corrected chi connectivity index (χ2v) is 7.31. The molecule has 9 heteroatoms. The van der Waals surface area contributed by atoms with Gasteiger partial charge in [0.25, 0.3) is 5.69 Å². The van der Waals surface area contributed by atoms with Crippen LogP contribution < -0.4 is 14.8 Å². The number of methoxy groups -OCH3 is 1. The molecule has 3 aromatic rings. The van der Waals surface area contributed by atoms with Crippen molar-refractivity contribution in [2.24, 2.45) is 0 Å². The Balaban J connectivity index is 1.70. The largest absolute Gasteiger partial charge is 0.493 e. The zero-order chi connectivity index (χ0) is 23.1. The summed E-state index contributed by atoms with van der Waals surface area (Å²) >= 11 is 12.3. The molecule has 0 bridgehead atoms. The minimum atomic E-state index is -0.557. The number of carbonyl (C=O) groups excluding carboxylic acids is 1. The summed E-state index contributed by atoms with van der Waals surface area (Å²) in [5, 5.41) is 14.6. The molecule has 0 saturated heterocycles. The number of hydrogen-bond acceptors (Lipinski definition) is 5. The van der Waals surface area contributed by atoms with Crippen LogP contribution >= 0.6 is 23.2 Å². The molecule has 0 aromatic heterocycles. The molecule has 0 heterocycles. The molecule has 1 N–H and O–H groups in total. The number of nitrogens with one attached hydrogen (secondary N) is 1. The van der Waals surface area contributed by atoms with Crippen LogP contribution in [0, 0.1) is 10.1 Å². The molecule has 0 atom stereocenters. The molecule has 32 heavy (non-hydrogen) atoms. The van der Waals surface area contributed by atoms with Crippen molar-refractivity contribution in [2.75, 3.05) is 12.4 Å². The number of nitro groups is 1. The van der Waals surface area contributed by atoms with Crippen LogP contribution in [0.15, 0.2) is 66.7 Å². The third-order valence-corrected chi connectivity index (χ3v) is 5.12. The predicted octanol–water partition coefficient (Wildman–Crippen LogP) is 6.14. The van der Waals surface area contributed by atoms with Crippen LogP contribution in [0.2, 0.25) is 10.0 Å². The van der Waals surface area contributed by atoms with Crippen molar-refractivity contribution in [1.29, 1.82) is 0 Å². The lowest BCUT2D eigenvalue weighted by Gasteiger charge is -2.13. The van der Waals surface area contributed by atoms with Crippen LogP contribution in [0.4, 0.5) is 11.4 Å². The fraction of sp³-hybridized carbons (Fsp3) is 0.0870. The summed E-state index contributed by atoms with van der Waals surface area (Å²) in [5.74, 6) is 0.423. The van der Waals surface area contributed by atoms with Gasteiger partial charge in [-0.25, -0.2) is 0 Å². The van der Waals surface area contributed by atoms with E-state index in [1.165, 1.54) is 31.4 Å². The summed E-state index contributed by atoms with van der Waals surface area (Å²) in [4.78, 5) is 22.7. The Bertz CT molecular complexity index is 1160. The molecule has 0 aliphatic carbocycles. The number of para-hydroxylation sites is 2. The van der Waals surface area contributed by atoms with Gasteiger partial charge in [0.1, 0.15) is 12.3 Å². The Labute approximate surface area is 194 Å². The number of ether oxygens (including phenoxy) is 2. The Morgan fingerprint density at radius 1 is 1.06 bits per heavy atom. The zero-order valence-corrected chi connectivity index (χ0v) is 18.4. The van der Waals surface area contributed by atoms with Crippen LogP contribution in [0.5, 0.6) is 11.5 Å². The first kappa shape index (κ1) is 23.1. The van der Waals surface area contributed by atoms with E-state index in [0.717, 1.165) is 0 Å². The van der Waals surface area contributed by atoms with Gasteiger partial charge in [-0.3, -0.25) is 14.9 Å². The lowest BCUT2D eigenvalue weighted by Crippen LogP contribution is -2.09. The van der Waals surface area contributed by atoms with Crippen molar-refractivity contribution >= 4 is 46.6 Å². The number of nitrogens with zero attached hydrogens (tertiary/aromatic N) is 1. The lowest BCUT2D eigenvalue weighted by atomic mass is 10.2. The second kappa shape index (κ2) is 10.7. The summed E-state index contributed by atoms with van der Waals surface area (Å²) < 4.78 is 11.2. The average molecular weight is 473 g/mol. The molecule has 0 saturated carbocycles. The van der Waals surface area contributed by atoms with Gasteiger partial charge in [0.2, 0.25) is 5.91 Å². The van der Waals surface area contributed by atoms with Crippen LogP contribution in [0.1, 0.15) is 11.1 Å². The highest BCUT2D eigenvalue weighted by Gasteiger charge is 2.14. The summed E-state index contributed by atoms with van der Waals surface area (Å²) in [6, 6.07) is 16.2. The van der Waals surface area contributed by atoms with Crippen molar-refractivity contribution in [3.05, 3.63) is 98.0 Å². The molecule has 7 nitrogen and oxygen atoms in total. The van der Waals surface area contributed by atoms with E-state index in [-0.39, 0.29) is 18.0 Å². The fourth-order valence-electron chi connectivity index (χ4n) is 2.81. The SMILES string of the molecule is COc1cc(/C=C/C(=O)Nc2ccccc2[N+](=O)[O-])ccc1OCc1c(Cl)cccc1Cl. The molecule has 0 unspecified atom stereocenters. The highest BCUT2D eigenvalue weighted by Crippen LogP contribution is 2.32. The maximum atomic E-state index is 12.2. The van der Waals surface area contributed by atoms with Crippen molar-refractivity contribution in [2.45, 2.75) is 6.61 Å². The molecule has 0 aliphatic rings. The highest BCUT2D eigenvalue weighted by atomic mass is 35.5. The monoisotopic (exact) mass is 472 g/mol. The lowest BCUT2D eigenvalue weighted by molar-refractivity contribution is -0.383. The van der Waals surface area contributed by atoms with Gasteiger partial charge in [-0.05, 0) is 42.0 Å². The highest BCUT2D eigenvalue weighted by molar-refractivity contribution is 6.35. The van der Waals surface area contributed by atoms with Gasteiger partial charge in [-0.1, -0.05) is 47.5 Å². The van der Waals surface area contributed by atoms with E-state index in [0.29, 0.717) is 32.7 Å². The fourth-order valence-corrected chi connectivity index (χ4v) is 3.32. The smallest absolute Gasteiger partial charge is 0.292 e. The number of amides is 1. The molecule has 1 amide bonds. The van der Waals surface area contributed by atoms with Crippen molar-refractivity contribution in [3.8, 4) is 11.5 Å². The zero-order valence-electron chi connectivity index (χ0n) is 16.9. The molecule has 0 radical (unpaired) electrons. The van der Waals surface area contributed by atoms with Crippen LogP contribution in [-0.4, -0.2) is 17.9 Å². The molecular weight excluding hydrogens is 455 g/mol. The molecule has 3 aromatic carbocycles. The summed E-state index contributed by atoms with van der Waals surface area (Å²) in [5.41, 5.74) is 1.26. The summed E-state index contributed by atoms with van der Waals surface area (Å²) in [6.45, 7) is 0.155. The van der Waals surface area contributed by atoms with Crippen LogP contribution in [0.3, 0.4) is 0 Å². The standard InChI is InChI=1S/C23H18Cl2N2O5/c1-31-22-13-15(9-11-21(22)32-14-16-17(24)5-4-6-18(16)25)10-12-23(28)26-19-7-2-3-8-20(19)27(29)30/h2-13H,14H2,1H3,(H,26,28)/b12-10+. The third-order valence-electron chi connectivity index (χ3n) is 4.41. The van der Waals surface area contributed by atoms with E-state index in [4.69, 9.17) is 32.7 Å². The number of anilines is 1. The Kier molecular flexibility index (Phi) is 7.70. The van der Waals surface area contributed by atoms with E-state index in [9.17, 15) is 14.9 Å². The number of rotatable bonds is 8. The molecule has 3 rings (SSSR count). The Morgan fingerprint density at radius 3 is 2.47 bits per heavy atom. The normalized spacial score (nSPS) is 10.7. The van der Waals surface area contributed by atoms with Gasteiger partial charge in [0, 0.05) is 27.8 Å². The number of benzene rings is 3. The van der Waals surface area contributed by atoms with Gasteiger partial charge in [-0.15, -0.1) is 0 Å². The maximum absolute atomic E-state index is 12.2. The molecule has 0 spiro atoms. The first-order valence-corrected chi connectivity index (χ1v) is 10.1. The van der Waals surface area contributed by atoms with Gasteiger partial charge < -0.3 is 14.8 Å². The topological polar surface area (TPSA) is 90.7 Å². The first-order chi connectivity index (χ1) is 15.4. The van der Waals surface area contributed by atoms with Crippen molar-refractivity contribution < 1.29 is 19.2 Å². The summed E-state index contributed by atoms with van der Waals surface area (Å²) in [6.07, 6.45) is 2.83. The number of hydrogen-bond donors (Lipinski definition) is 1. The van der Waals surface area contributed by atoms with E-state index in [1.807, 2.05) is 0 Å². The van der Waals surface area contributed by atoms with Gasteiger partial charge in [0.05, 0.1) is 12.0 Å². The van der Waals surface area contributed by atoms with E-state index < -0.39 is 10.8 Å². The number of halogens is 2. The van der Waals surface area contributed by atoms with Gasteiger partial charge in [-0.2, -0.15) is 0 Å². The number of nitro benzene ring substituents is 1. The van der Waals surface area contributed by atoms with Gasteiger partial charge in [0.15, 0.2) is 11.5 Å². The first-order valence-electron chi connectivity index (χ1n) is 9.35. The number of carbonyl (C=O) groups is 1. The van der Waals surface area contributed by atoms with Crippen LogP contribution in [-0.2, 0) is 11.4 Å². The maximum Gasteiger partial charge on any atom is 0.292 e. The predicted molar refractivity (Wildman–Crippen MR) is 125 cm³/mol. The average Bonchev–Trinajstić information content (AvgIpc) is 2.78. The minimum absolute atomic E-state index is 0.117. The second-order valence-electron chi connectivity index (χ2n) is 6.50. The Morgan fingerprint density at radius 2 is 1.78 bits per heavy atom. The molecule has 0 fully saturated rings. The van der Waals surface area contributed by atoms with E-state index >= 15 is 0 Å². The molecular formula is C23H18Cl2N2O5. The quantitative estimate of drug-likeness (QED) is 0.241. The minimum Gasteiger partial charge on any atom is -0.493 e.